The Morgan fingerprint density at radius 1 is 1.52 bits per heavy atom. The number of nitrogens with zero attached hydrogens (tertiary/aromatic N) is 2. The van der Waals surface area contributed by atoms with Gasteiger partial charge in [-0.25, -0.2) is 0 Å². The Morgan fingerprint density at radius 2 is 2.43 bits per heavy atom. The lowest BCUT2D eigenvalue weighted by Gasteiger charge is -2.26. The predicted octanol–water partition coefficient (Wildman–Crippen LogP) is 2.53. The van der Waals surface area contributed by atoms with Gasteiger partial charge in [-0.15, -0.1) is 11.3 Å². The van der Waals surface area contributed by atoms with Crippen LogP contribution in [-0.2, 0) is 11.3 Å². The number of hydrogen-bond acceptors (Lipinski definition) is 6. The van der Waals surface area contributed by atoms with E-state index < -0.39 is 5.97 Å². The fraction of sp³-hybridized carbons (Fsp3) is 0.500. The molecule has 3 rings (SSSR count). The molecule has 21 heavy (non-hydrogen) atoms. The highest BCUT2D eigenvalue weighted by Crippen LogP contribution is 2.25. The average molecular weight is 307 g/mol. The van der Waals surface area contributed by atoms with Crippen molar-refractivity contribution in [1.82, 2.24) is 15.5 Å². The molecule has 2 atom stereocenters. The first kappa shape index (κ1) is 14.2. The Labute approximate surface area is 126 Å². The Balaban J connectivity index is 1.54. The zero-order valence-electron chi connectivity index (χ0n) is 11.5. The molecule has 1 aliphatic rings. The maximum Gasteiger partial charge on any atom is 0.306 e. The van der Waals surface area contributed by atoms with Gasteiger partial charge in [-0.2, -0.15) is 4.98 Å². The third-order valence-electron chi connectivity index (χ3n) is 3.78. The standard InChI is InChI=1S/C14H17N3O3S/c18-14(19)9-3-1-4-10(7-9)15-8-12-16-13(17-20-12)11-5-2-6-21-11/h2,5-6,9-10,15H,1,3-4,7-8H2,(H,18,19). The minimum Gasteiger partial charge on any atom is -0.481 e. The lowest BCUT2D eigenvalue weighted by atomic mass is 9.86. The van der Waals surface area contributed by atoms with E-state index >= 15 is 0 Å². The van der Waals surface area contributed by atoms with E-state index in [2.05, 4.69) is 15.5 Å². The molecule has 2 unspecified atom stereocenters. The molecule has 0 aliphatic heterocycles. The molecule has 1 aliphatic carbocycles. The van der Waals surface area contributed by atoms with Gasteiger partial charge in [-0.1, -0.05) is 17.6 Å². The summed E-state index contributed by atoms with van der Waals surface area (Å²) in [7, 11) is 0. The summed E-state index contributed by atoms with van der Waals surface area (Å²) in [5.74, 6) is 0.213. The second-order valence-corrected chi connectivity index (χ2v) is 6.22. The van der Waals surface area contributed by atoms with Gasteiger partial charge in [0.05, 0.1) is 17.3 Å². The van der Waals surface area contributed by atoms with Crippen LogP contribution in [0.15, 0.2) is 22.0 Å². The summed E-state index contributed by atoms with van der Waals surface area (Å²) in [5.41, 5.74) is 0. The molecular formula is C14H17N3O3S. The minimum atomic E-state index is -0.695. The van der Waals surface area contributed by atoms with Gasteiger partial charge < -0.3 is 14.9 Å². The van der Waals surface area contributed by atoms with Gasteiger partial charge in [-0.3, -0.25) is 4.79 Å². The van der Waals surface area contributed by atoms with Crippen LogP contribution in [0.3, 0.4) is 0 Å². The van der Waals surface area contributed by atoms with Crippen molar-refractivity contribution in [1.29, 1.82) is 0 Å². The largest absolute Gasteiger partial charge is 0.481 e. The number of thiophene rings is 1. The number of carboxylic acids is 1. The van der Waals surface area contributed by atoms with Crippen LogP contribution in [0.2, 0.25) is 0 Å². The van der Waals surface area contributed by atoms with Crippen molar-refractivity contribution in [3.63, 3.8) is 0 Å². The second-order valence-electron chi connectivity index (χ2n) is 5.27. The smallest absolute Gasteiger partial charge is 0.306 e. The van der Waals surface area contributed by atoms with Crippen molar-refractivity contribution in [3.05, 3.63) is 23.4 Å². The average Bonchev–Trinajstić information content (AvgIpc) is 3.16. The van der Waals surface area contributed by atoms with E-state index in [-0.39, 0.29) is 12.0 Å². The molecule has 0 saturated heterocycles. The summed E-state index contributed by atoms with van der Waals surface area (Å²) < 4.78 is 5.22. The highest BCUT2D eigenvalue weighted by atomic mass is 32.1. The quantitative estimate of drug-likeness (QED) is 0.882. The van der Waals surface area contributed by atoms with Gasteiger partial charge >= 0.3 is 5.97 Å². The minimum absolute atomic E-state index is 0.205. The first-order valence-electron chi connectivity index (χ1n) is 7.05. The third kappa shape index (κ3) is 3.48. The SMILES string of the molecule is O=C(O)C1CCCC(NCc2nc(-c3cccs3)no2)C1. The fourth-order valence-electron chi connectivity index (χ4n) is 2.66. The molecule has 0 aromatic carbocycles. The van der Waals surface area contributed by atoms with Gasteiger partial charge in [-0.05, 0) is 30.7 Å². The van der Waals surface area contributed by atoms with Crippen LogP contribution in [0.1, 0.15) is 31.6 Å². The number of rotatable bonds is 5. The summed E-state index contributed by atoms with van der Waals surface area (Å²) in [5, 5.41) is 18.3. The third-order valence-corrected chi connectivity index (χ3v) is 4.64. The lowest BCUT2D eigenvalue weighted by Crippen LogP contribution is -2.36. The predicted molar refractivity (Wildman–Crippen MR) is 77.8 cm³/mol. The Bertz CT molecular complexity index is 596. The summed E-state index contributed by atoms with van der Waals surface area (Å²) >= 11 is 1.57. The van der Waals surface area contributed by atoms with E-state index in [4.69, 9.17) is 9.63 Å². The van der Waals surface area contributed by atoms with E-state index in [1.807, 2.05) is 17.5 Å². The topological polar surface area (TPSA) is 88.2 Å². The number of carbonyl (C=O) groups is 1. The molecule has 2 N–H and O–H groups in total. The van der Waals surface area contributed by atoms with Crippen LogP contribution >= 0.6 is 11.3 Å². The first-order valence-corrected chi connectivity index (χ1v) is 7.93. The van der Waals surface area contributed by atoms with Crippen LogP contribution < -0.4 is 5.32 Å². The molecule has 1 saturated carbocycles. The van der Waals surface area contributed by atoms with E-state index in [9.17, 15) is 4.79 Å². The van der Waals surface area contributed by atoms with E-state index in [0.717, 1.165) is 24.1 Å². The van der Waals surface area contributed by atoms with Crippen LogP contribution in [0, 0.1) is 5.92 Å². The number of carboxylic acid groups (broad SMARTS) is 1. The number of aromatic nitrogens is 2. The maximum atomic E-state index is 11.0. The van der Waals surface area contributed by atoms with Crippen LogP contribution in [0.4, 0.5) is 0 Å². The second kappa shape index (κ2) is 6.36. The number of aliphatic carboxylic acids is 1. The molecule has 2 aromatic rings. The molecule has 2 aromatic heterocycles. The summed E-state index contributed by atoms with van der Waals surface area (Å²) in [6.07, 6.45) is 3.38. The van der Waals surface area contributed by atoms with Crippen LogP contribution in [-0.4, -0.2) is 27.3 Å². The van der Waals surface area contributed by atoms with Gasteiger partial charge in [0.25, 0.3) is 0 Å². The highest BCUT2D eigenvalue weighted by molar-refractivity contribution is 7.13. The van der Waals surface area contributed by atoms with E-state index in [0.29, 0.717) is 24.7 Å². The van der Waals surface area contributed by atoms with Crippen LogP contribution in [0.25, 0.3) is 10.7 Å². The highest BCUT2D eigenvalue weighted by Gasteiger charge is 2.26. The van der Waals surface area contributed by atoms with Crippen molar-refractivity contribution in [3.8, 4) is 10.7 Å². The Hall–Kier alpha value is -1.73. The van der Waals surface area contributed by atoms with Crippen molar-refractivity contribution in [2.75, 3.05) is 0 Å². The van der Waals surface area contributed by atoms with Crippen molar-refractivity contribution >= 4 is 17.3 Å². The number of nitrogens with one attached hydrogen (secondary N) is 1. The molecule has 112 valence electrons. The lowest BCUT2D eigenvalue weighted by molar-refractivity contribution is -0.143. The molecule has 0 spiro atoms. The fourth-order valence-corrected chi connectivity index (χ4v) is 3.31. The molecular weight excluding hydrogens is 290 g/mol. The molecule has 6 nitrogen and oxygen atoms in total. The monoisotopic (exact) mass is 307 g/mol. The molecule has 0 amide bonds. The molecule has 7 heteroatoms. The van der Waals surface area contributed by atoms with Crippen molar-refractivity contribution in [2.24, 2.45) is 5.92 Å². The van der Waals surface area contributed by atoms with E-state index in [1.165, 1.54) is 0 Å². The molecule has 0 radical (unpaired) electrons. The summed E-state index contributed by atoms with van der Waals surface area (Å²) in [6.45, 7) is 0.482. The summed E-state index contributed by atoms with van der Waals surface area (Å²) in [6, 6.07) is 4.10. The summed E-state index contributed by atoms with van der Waals surface area (Å²) in [4.78, 5) is 16.4. The van der Waals surface area contributed by atoms with E-state index in [1.54, 1.807) is 11.3 Å². The van der Waals surface area contributed by atoms with Crippen molar-refractivity contribution in [2.45, 2.75) is 38.3 Å². The van der Waals surface area contributed by atoms with Gasteiger partial charge in [0.2, 0.25) is 11.7 Å². The van der Waals surface area contributed by atoms with Crippen molar-refractivity contribution < 1.29 is 14.4 Å². The maximum absolute atomic E-state index is 11.0. The first-order chi connectivity index (χ1) is 10.2. The zero-order valence-corrected chi connectivity index (χ0v) is 12.3. The van der Waals surface area contributed by atoms with Gasteiger partial charge in [0.15, 0.2) is 0 Å². The Kier molecular flexibility index (Phi) is 4.31. The van der Waals surface area contributed by atoms with Gasteiger partial charge in [0.1, 0.15) is 0 Å². The molecule has 0 bridgehead atoms. The van der Waals surface area contributed by atoms with Crippen LogP contribution in [0.5, 0.6) is 0 Å². The van der Waals surface area contributed by atoms with Gasteiger partial charge in [0, 0.05) is 6.04 Å². The zero-order chi connectivity index (χ0) is 14.7. The Morgan fingerprint density at radius 3 is 3.19 bits per heavy atom. The molecule has 1 fully saturated rings. The molecule has 2 heterocycles. The normalized spacial score (nSPS) is 22.3. The number of hydrogen-bond donors (Lipinski definition) is 2.